The van der Waals surface area contributed by atoms with Gasteiger partial charge in [0.1, 0.15) is 13.2 Å². The van der Waals surface area contributed by atoms with Crippen molar-refractivity contribution < 1.29 is 37.8 Å². The van der Waals surface area contributed by atoms with Crippen molar-refractivity contribution in [2.24, 2.45) is 5.92 Å². The van der Waals surface area contributed by atoms with E-state index < -0.39 is 43.8 Å². The van der Waals surface area contributed by atoms with E-state index in [1.807, 2.05) is 43.3 Å². The average Bonchev–Trinajstić information content (AvgIpc) is 3.88. The Morgan fingerprint density at radius 2 is 1.67 bits per heavy atom. The van der Waals surface area contributed by atoms with Crippen molar-refractivity contribution in [3.8, 4) is 0 Å². The first-order valence-electron chi connectivity index (χ1n) is 16.3. The van der Waals surface area contributed by atoms with Gasteiger partial charge in [0.15, 0.2) is 5.60 Å². The number of carbonyl (C=O) groups is 3. The minimum atomic E-state index is -3.41. The number of aliphatic hydroxyl groups excluding tert-OH is 1. The molecule has 3 saturated heterocycles. The standard InChI is InChI=1S/C33H39FN6O7Si/c1-21-29(48(2,3)34)28(10-12-37-20-23(11-15-41)35-36-37)47-33(21)26-18-25(39-14-17-46-32(39)44)8-9-27(26)40(30(33)42)19-22-4-6-24(7-5-22)38-13-16-45-31(38)43/h4-9,18,20-21,28-29,41H,10-17,19H2,1-3H3/t21-,28+,29-,33+/m1/s1. The number of halogens is 1. The molecule has 4 atom stereocenters. The van der Waals surface area contributed by atoms with E-state index >= 15 is 4.11 Å². The lowest BCUT2D eigenvalue weighted by molar-refractivity contribution is -0.146. The van der Waals surface area contributed by atoms with Crippen LogP contribution in [0.4, 0.5) is 30.8 Å². The summed E-state index contributed by atoms with van der Waals surface area (Å²) in [6.07, 6.45) is 1.10. The second-order valence-corrected chi connectivity index (χ2v) is 17.1. The molecule has 13 nitrogen and oxygen atoms in total. The Morgan fingerprint density at radius 1 is 1.00 bits per heavy atom. The van der Waals surface area contributed by atoms with Crippen molar-refractivity contribution in [1.29, 1.82) is 0 Å². The van der Waals surface area contributed by atoms with Gasteiger partial charge in [0.25, 0.3) is 5.91 Å². The minimum absolute atomic E-state index is 0.0411. The third-order valence-corrected chi connectivity index (χ3v) is 12.4. The fraction of sp³-hybridized carbons (Fsp3) is 0.485. The molecule has 3 amide bonds. The number of hydrogen-bond acceptors (Lipinski definition) is 9. The molecule has 254 valence electrons. The highest BCUT2D eigenvalue weighted by Gasteiger charge is 2.66. The fourth-order valence-corrected chi connectivity index (χ4v) is 10.3. The zero-order valence-electron chi connectivity index (χ0n) is 27.2. The van der Waals surface area contributed by atoms with Crippen LogP contribution in [0.2, 0.25) is 18.6 Å². The van der Waals surface area contributed by atoms with Crippen molar-refractivity contribution in [2.45, 2.75) is 63.2 Å². The average molecular weight is 679 g/mol. The summed E-state index contributed by atoms with van der Waals surface area (Å²) in [5, 5.41) is 17.5. The third-order valence-electron chi connectivity index (χ3n) is 9.96. The molecule has 48 heavy (non-hydrogen) atoms. The van der Waals surface area contributed by atoms with E-state index in [0.29, 0.717) is 67.4 Å². The number of fused-ring (bicyclic) bond motifs is 2. The first-order chi connectivity index (χ1) is 23.0. The number of ether oxygens (including phenoxy) is 3. The number of cyclic esters (lactones) is 2. The molecule has 0 aliphatic carbocycles. The van der Waals surface area contributed by atoms with Gasteiger partial charge in [0, 0.05) is 54.2 Å². The summed E-state index contributed by atoms with van der Waals surface area (Å²) in [5.41, 5.74) is 2.01. The normalized spacial score (nSPS) is 25.4. The van der Waals surface area contributed by atoms with Gasteiger partial charge in [-0.2, -0.15) is 0 Å². The van der Waals surface area contributed by atoms with Crippen molar-refractivity contribution in [2.75, 3.05) is 47.6 Å². The van der Waals surface area contributed by atoms with Crippen LogP contribution in [0.3, 0.4) is 0 Å². The first-order valence-corrected chi connectivity index (χ1v) is 19.3. The molecule has 2 aromatic carbocycles. The lowest BCUT2D eigenvalue weighted by Gasteiger charge is -2.31. The third kappa shape index (κ3) is 5.43. The minimum Gasteiger partial charge on any atom is -0.447 e. The summed E-state index contributed by atoms with van der Waals surface area (Å²) in [7, 11) is -3.41. The van der Waals surface area contributed by atoms with Gasteiger partial charge in [0.2, 0.25) is 8.41 Å². The molecule has 4 aliphatic heterocycles. The topological polar surface area (TPSA) is 140 Å². The number of aliphatic hydroxyl groups is 1. The van der Waals surface area contributed by atoms with Crippen LogP contribution in [0.25, 0.3) is 0 Å². The molecule has 0 saturated carbocycles. The lowest BCUT2D eigenvalue weighted by Crippen LogP contribution is -2.45. The van der Waals surface area contributed by atoms with E-state index in [4.69, 9.17) is 14.2 Å². The summed E-state index contributed by atoms with van der Waals surface area (Å²) in [6.45, 7) is 7.24. The van der Waals surface area contributed by atoms with Crippen LogP contribution in [0.15, 0.2) is 48.7 Å². The molecule has 5 heterocycles. The van der Waals surface area contributed by atoms with Crippen molar-refractivity contribution in [1.82, 2.24) is 15.0 Å². The van der Waals surface area contributed by atoms with Gasteiger partial charge < -0.3 is 28.3 Å². The largest absolute Gasteiger partial charge is 0.447 e. The van der Waals surface area contributed by atoms with Gasteiger partial charge in [-0.25, -0.2) is 9.59 Å². The number of rotatable bonds is 10. The maximum Gasteiger partial charge on any atom is 0.414 e. The quantitative estimate of drug-likeness (QED) is 0.248. The van der Waals surface area contributed by atoms with E-state index in [0.717, 1.165) is 5.56 Å². The Morgan fingerprint density at radius 3 is 2.29 bits per heavy atom. The number of aromatic nitrogens is 3. The SMILES string of the molecule is C[C@@H]1[C@@H]([Si](C)(C)F)[C@H](CCn2cc(CCO)nn2)O[C@@]12C(=O)N(Cc1ccc(N3CCOC3=O)cc1)c1ccc(N3CCOC3=O)cc12. The molecular weight excluding hydrogens is 639 g/mol. The lowest BCUT2D eigenvalue weighted by atomic mass is 9.82. The first kappa shape index (κ1) is 32.2. The summed E-state index contributed by atoms with van der Waals surface area (Å²) < 4.78 is 35.2. The van der Waals surface area contributed by atoms with Crippen LogP contribution in [0.5, 0.6) is 0 Å². The van der Waals surface area contributed by atoms with Gasteiger partial charge in [-0.05, 0) is 55.4 Å². The smallest absolute Gasteiger partial charge is 0.414 e. The maximum absolute atomic E-state index is 16.3. The second-order valence-electron chi connectivity index (χ2n) is 13.3. The molecular formula is C33H39FN6O7Si. The molecule has 4 aliphatic rings. The predicted octanol–water partition coefficient (Wildman–Crippen LogP) is 4.14. The number of nitrogens with zero attached hydrogens (tertiary/aromatic N) is 6. The predicted molar refractivity (Wildman–Crippen MR) is 175 cm³/mol. The zero-order valence-corrected chi connectivity index (χ0v) is 28.2. The second kappa shape index (κ2) is 12.3. The number of carbonyl (C=O) groups excluding carboxylic acids is 3. The summed E-state index contributed by atoms with van der Waals surface area (Å²) >= 11 is 0. The molecule has 3 fully saturated rings. The van der Waals surface area contributed by atoms with E-state index in [2.05, 4.69) is 10.3 Å². The summed E-state index contributed by atoms with van der Waals surface area (Å²) in [5.74, 6) is -0.800. The van der Waals surface area contributed by atoms with E-state index in [1.54, 1.807) is 39.8 Å². The van der Waals surface area contributed by atoms with Gasteiger partial charge in [-0.1, -0.05) is 24.3 Å². The number of anilines is 3. The van der Waals surface area contributed by atoms with E-state index in [1.165, 1.54) is 4.90 Å². The molecule has 0 bridgehead atoms. The van der Waals surface area contributed by atoms with Gasteiger partial charge >= 0.3 is 12.2 Å². The number of hydrogen-bond donors (Lipinski definition) is 1. The zero-order chi connectivity index (χ0) is 33.8. The van der Waals surface area contributed by atoms with Crippen molar-refractivity contribution in [3.05, 3.63) is 65.5 Å². The molecule has 15 heteroatoms. The molecule has 3 aromatic rings. The number of aryl methyl sites for hydroxylation is 1. The maximum atomic E-state index is 16.3. The Kier molecular flexibility index (Phi) is 8.24. The highest BCUT2D eigenvalue weighted by Crippen LogP contribution is 2.60. The van der Waals surface area contributed by atoms with Crippen LogP contribution in [-0.2, 0) is 44.1 Å². The molecule has 1 aromatic heterocycles. The molecule has 0 unspecified atom stereocenters. The molecule has 1 spiro atoms. The summed E-state index contributed by atoms with van der Waals surface area (Å²) in [4.78, 5) is 44.3. The summed E-state index contributed by atoms with van der Waals surface area (Å²) in [6, 6.07) is 12.8. The highest BCUT2D eigenvalue weighted by molar-refractivity contribution is 6.72. The van der Waals surface area contributed by atoms with Crippen molar-refractivity contribution in [3.63, 3.8) is 0 Å². The van der Waals surface area contributed by atoms with Gasteiger partial charge in [0.05, 0.1) is 37.1 Å². The Bertz CT molecular complexity index is 1730. The molecule has 0 radical (unpaired) electrons. The number of amides is 3. The van der Waals surface area contributed by atoms with Crippen LogP contribution in [0, 0.1) is 5.92 Å². The monoisotopic (exact) mass is 678 g/mol. The van der Waals surface area contributed by atoms with E-state index in [9.17, 15) is 19.5 Å². The van der Waals surface area contributed by atoms with Crippen LogP contribution in [-0.4, -0.2) is 85.6 Å². The Hall–Kier alpha value is -4.34. The Labute approximate surface area is 278 Å². The van der Waals surface area contributed by atoms with Gasteiger partial charge in [-0.3, -0.25) is 19.3 Å². The van der Waals surface area contributed by atoms with Crippen LogP contribution < -0.4 is 14.7 Å². The molecule has 1 N–H and O–H groups in total. The van der Waals surface area contributed by atoms with Crippen LogP contribution in [0.1, 0.15) is 30.2 Å². The Balaban J connectivity index is 1.24. The van der Waals surface area contributed by atoms with Crippen LogP contribution >= 0.6 is 0 Å². The van der Waals surface area contributed by atoms with Crippen molar-refractivity contribution >= 4 is 43.6 Å². The fourth-order valence-electron chi connectivity index (χ4n) is 7.79. The van der Waals surface area contributed by atoms with Gasteiger partial charge in [-0.15, -0.1) is 5.10 Å². The van der Waals surface area contributed by atoms with E-state index in [-0.39, 0.29) is 25.7 Å². The number of benzene rings is 2. The highest BCUT2D eigenvalue weighted by atomic mass is 28.4. The molecule has 7 rings (SSSR count).